The molecule has 1 aliphatic heterocycles. The number of rotatable bonds is 12. The van der Waals surface area contributed by atoms with Crippen molar-refractivity contribution in [3.05, 3.63) is 132 Å². The van der Waals surface area contributed by atoms with Crippen LogP contribution in [0.2, 0.25) is 0 Å². The Morgan fingerprint density at radius 1 is 0.814 bits per heavy atom. The molecule has 222 valence electrons. The molecule has 0 aliphatic carbocycles. The highest BCUT2D eigenvalue weighted by atomic mass is 32.2. The fourth-order valence-electron chi connectivity index (χ4n) is 5.29. The van der Waals surface area contributed by atoms with Crippen molar-refractivity contribution in [2.45, 2.75) is 49.7 Å². The van der Waals surface area contributed by atoms with Gasteiger partial charge >= 0.3 is 0 Å². The molecule has 0 saturated carbocycles. The number of hydrogen-bond donors (Lipinski definition) is 1. The summed E-state index contributed by atoms with van der Waals surface area (Å²) < 4.78 is 27.4. The maximum Gasteiger partial charge on any atom is 0.247 e. The molecule has 2 heterocycles. The number of nitrogens with one attached hydrogen (secondary N) is 1. The normalized spacial score (nSPS) is 14.2. The van der Waals surface area contributed by atoms with E-state index in [0.717, 1.165) is 29.7 Å². The number of sulfonamides is 1. The first-order valence-electron chi connectivity index (χ1n) is 14.6. The maximum absolute atomic E-state index is 13.9. The monoisotopic (exact) mass is 596 g/mol. The van der Waals surface area contributed by atoms with E-state index in [2.05, 4.69) is 10.3 Å². The molecular weight excluding hydrogens is 560 g/mol. The Balaban J connectivity index is 1.36. The van der Waals surface area contributed by atoms with Gasteiger partial charge in [-0.1, -0.05) is 78.9 Å². The van der Waals surface area contributed by atoms with Gasteiger partial charge in [-0.3, -0.25) is 14.6 Å². The highest BCUT2D eigenvalue weighted by Gasteiger charge is 2.31. The van der Waals surface area contributed by atoms with E-state index in [1.165, 1.54) is 4.31 Å². The predicted molar refractivity (Wildman–Crippen MR) is 165 cm³/mol. The van der Waals surface area contributed by atoms with Crippen LogP contribution in [-0.2, 0) is 39.1 Å². The van der Waals surface area contributed by atoms with Crippen LogP contribution in [0.1, 0.15) is 47.7 Å². The molecule has 3 aromatic carbocycles. The van der Waals surface area contributed by atoms with E-state index >= 15 is 0 Å². The van der Waals surface area contributed by atoms with Gasteiger partial charge in [0.2, 0.25) is 21.8 Å². The van der Waals surface area contributed by atoms with E-state index in [4.69, 9.17) is 0 Å². The molecule has 1 saturated heterocycles. The highest BCUT2D eigenvalue weighted by Crippen LogP contribution is 2.26. The minimum Gasteiger partial charge on any atom is -0.348 e. The van der Waals surface area contributed by atoms with E-state index in [1.54, 1.807) is 35.4 Å². The van der Waals surface area contributed by atoms with E-state index in [-0.39, 0.29) is 36.2 Å². The number of benzene rings is 3. The van der Waals surface area contributed by atoms with Crippen molar-refractivity contribution >= 4 is 21.8 Å². The summed E-state index contributed by atoms with van der Waals surface area (Å²) in [6.45, 7) is 1.59. The van der Waals surface area contributed by atoms with E-state index in [9.17, 15) is 18.0 Å². The molecule has 2 amide bonds. The zero-order valence-corrected chi connectivity index (χ0v) is 24.8. The fourth-order valence-corrected chi connectivity index (χ4v) is 6.81. The molecule has 8 nitrogen and oxygen atoms in total. The Hall–Kier alpha value is -4.34. The fraction of sp³-hybridized carbons (Fsp3) is 0.265. The molecule has 1 aliphatic rings. The second kappa shape index (κ2) is 14.2. The molecule has 0 unspecified atom stereocenters. The Morgan fingerprint density at radius 3 is 2.12 bits per heavy atom. The van der Waals surface area contributed by atoms with Crippen molar-refractivity contribution in [1.82, 2.24) is 19.5 Å². The van der Waals surface area contributed by atoms with Gasteiger partial charge in [-0.25, -0.2) is 8.42 Å². The van der Waals surface area contributed by atoms with Crippen molar-refractivity contribution in [2.75, 3.05) is 13.1 Å². The van der Waals surface area contributed by atoms with E-state index in [0.29, 0.717) is 25.1 Å². The number of hydrogen-bond acceptors (Lipinski definition) is 5. The summed E-state index contributed by atoms with van der Waals surface area (Å²) in [4.78, 5) is 33.9. The summed E-state index contributed by atoms with van der Waals surface area (Å²) in [6.07, 6.45) is 4.00. The van der Waals surface area contributed by atoms with Crippen LogP contribution in [-0.4, -0.2) is 47.5 Å². The zero-order valence-electron chi connectivity index (χ0n) is 24.0. The second-order valence-corrected chi connectivity index (χ2v) is 12.6. The van der Waals surface area contributed by atoms with E-state index < -0.39 is 16.1 Å². The number of nitrogens with zero attached hydrogens (tertiary/aromatic N) is 3. The molecule has 0 bridgehead atoms. The Morgan fingerprint density at radius 2 is 1.47 bits per heavy atom. The molecule has 1 atom stereocenters. The minimum atomic E-state index is -3.50. The predicted octanol–water partition coefficient (Wildman–Crippen LogP) is 4.89. The van der Waals surface area contributed by atoms with Crippen LogP contribution in [0, 0.1) is 0 Å². The van der Waals surface area contributed by atoms with Crippen LogP contribution in [0.4, 0.5) is 0 Å². The minimum absolute atomic E-state index is 0.155. The molecule has 1 N–H and O–H groups in total. The third kappa shape index (κ3) is 7.74. The van der Waals surface area contributed by atoms with Gasteiger partial charge in [-0.05, 0) is 60.2 Å². The topological polar surface area (TPSA) is 99.7 Å². The van der Waals surface area contributed by atoms with Crippen LogP contribution in [0.25, 0.3) is 0 Å². The van der Waals surface area contributed by atoms with Crippen LogP contribution in [0.3, 0.4) is 0 Å². The molecular formula is C34H36N4O4S. The SMILES string of the molecule is O=C(NCc1ccccn1)[C@H](c1ccccc1)N(Cc1ccccc1)C(=O)CCc1ccc(S(=O)(=O)N2CCCC2)cc1. The zero-order chi connectivity index (χ0) is 30.1. The quantitative estimate of drug-likeness (QED) is 0.251. The van der Waals surface area contributed by atoms with Gasteiger partial charge in [0, 0.05) is 32.3 Å². The van der Waals surface area contributed by atoms with Gasteiger partial charge in [0.25, 0.3) is 0 Å². The lowest BCUT2D eigenvalue weighted by atomic mass is 10.0. The number of aryl methyl sites for hydroxylation is 1. The Bertz CT molecular complexity index is 1590. The standard InChI is InChI=1S/C34H36N4O4S/c39-32(21-18-27-16-19-31(20-17-27)43(41,42)37-23-9-10-24-37)38(26-28-11-3-1-4-12-28)33(29-13-5-2-6-14-29)34(40)36-25-30-15-7-8-22-35-30/h1-8,11-17,19-20,22,33H,9-10,18,21,23-26H2,(H,36,40)/t33-/m0/s1. The highest BCUT2D eigenvalue weighted by molar-refractivity contribution is 7.89. The molecule has 0 spiro atoms. The smallest absolute Gasteiger partial charge is 0.247 e. The van der Waals surface area contributed by atoms with Gasteiger partial charge in [0.15, 0.2) is 0 Å². The Kier molecular flexibility index (Phi) is 9.96. The first-order chi connectivity index (χ1) is 20.9. The molecule has 0 radical (unpaired) electrons. The first-order valence-corrected chi connectivity index (χ1v) is 16.0. The van der Waals surface area contributed by atoms with Crippen LogP contribution in [0.5, 0.6) is 0 Å². The third-order valence-electron chi connectivity index (χ3n) is 7.62. The largest absolute Gasteiger partial charge is 0.348 e. The lowest BCUT2D eigenvalue weighted by Gasteiger charge is -2.32. The lowest BCUT2D eigenvalue weighted by Crippen LogP contribution is -2.43. The summed E-state index contributed by atoms with van der Waals surface area (Å²) in [7, 11) is -3.50. The number of pyridine rings is 1. The first kappa shape index (κ1) is 30.1. The Labute approximate surface area is 253 Å². The number of carbonyl (C=O) groups is 2. The molecule has 9 heteroatoms. The lowest BCUT2D eigenvalue weighted by molar-refractivity contribution is -0.141. The number of aromatic nitrogens is 1. The number of amides is 2. The molecule has 1 aromatic heterocycles. The van der Waals surface area contributed by atoms with Crippen molar-refractivity contribution in [2.24, 2.45) is 0 Å². The van der Waals surface area contributed by atoms with Crippen LogP contribution >= 0.6 is 0 Å². The van der Waals surface area contributed by atoms with Crippen molar-refractivity contribution in [3.8, 4) is 0 Å². The summed E-state index contributed by atoms with van der Waals surface area (Å²) in [5, 5.41) is 2.98. The van der Waals surface area contributed by atoms with Gasteiger partial charge in [-0.2, -0.15) is 4.31 Å². The van der Waals surface area contributed by atoms with E-state index in [1.807, 2.05) is 78.9 Å². The summed E-state index contributed by atoms with van der Waals surface area (Å²) >= 11 is 0. The third-order valence-corrected chi connectivity index (χ3v) is 9.53. The second-order valence-electron chi connectivity index (χ2n) is 10.6. The van der Waals surface area contributed by atoms with Gasteiger partial charge in [0.05, 0.1) is 17.1 Å². The van der Waals surface area contributed by atoms with Crippen molar-refractivity contribution in [1.29, 1.82) is 0 Å². The summed E-state index contributed by atoms with van der Waals surface area (Å²) in [5.74, 6) is -0.475. The van der Waals surface area contributed by atoms with Gasteiger partial charge in [-0.15, -0.1) is 0 Å². The molecule has 5 rings (SSSR count). The maximum atomic E-state index is 13.9. The molecule has 1 fully saturated rings. The summed E-state index contributed by atoms with van der Waals surface area (Å²) in [5.41, 5.74) is 3.19. The average Bonchev–Trinajstić information content (AvgIpc) is 3.61. The molecule has 43 heavy (non-hydrogen) atoms. The van der Waals surface area contributed by atoms with Gasteiger partial charge < -0.3 is 10.2 Å². The van der Waals surface area contributed by atoms with Crippen molar-refractivity contribution < 1.29 is 18.0 Å². The van der Waals surface area contributed by atoms with Gasteiger partial charge in [0.1, 0.15) is 6.04 Å². The average molecular weight is 597 g/mol. The molecule has 4 aromatic rings. The van der Waals surface area contributed by atoms with Crippen LogP contribution in [0.15, 0.2) is 114 Å². The number of carbonyl (C=O) groups excluding carboxylic acids is 2. The van der Waals surface area contributed by atoms with Crippen LogP contribution < -0.4 is 5.32 Å². The summed E-state index contributed by atoms with van der Waals surface area (Å²) in [6, 6.07) is 30.4. The van der Waals surface area contributed by atoms with Crippen molar-refractivity contribution in [3.63, 3.8) is 0 Å².